The summed E-state index contributed by atoms with van der Waals surface area (Å²) in [6, 6.07) is 17.2. The highest BCUT2D eigenvalue weighted by Crippen LogP contribution is 2.31. The highest BCUT2D eigenvalue weighted by Gasteiger charge is 2.22. The van der Waals surface area contributed by atoms with Crippen molar-refractivity contribution in [3.05, 3.63) is 64.8 Å². The molecule has 2 aromatic carbocycles. The Bertz CT molecular complexity index is 881. The minimum Gasteiger partial charge on any atom is -0.440 e. The van der Waals surface area contributed by atoms with Crippen LogP contribution in [0.3, 0.4) is 0 Å². The van der Waals surface area contributed by atoms with Gasteiger partial charge in [-0.25, -0.2) is 0 Å². The van der Waals surface area contributed by atoms with Crippen LogP contribution in [0, 0.1) is 0 Å². The molecule has 0 bridgehead atoms. The largest absolute Gasteiger partial charge is 0.440 e. The number of rotatable bonds is 2. The summed E-state index contributed by atoms with van der Waals surface area (Å²) in [4.78, 5) is 15.2. The van der Waals surface area contributed by atoms with Gasteiger partial charge in [-0.1, -0.05) is 42.5 Å². The molecule has 2 heterocycles. The Balaban J connectivity index is 2.00. The first-order valence-corrected chi connectivity index (χ1v) is 7.91. The molecule has 0 unspecified atom stereocenters. The van der Waals surface area contributed by atoms with Crippen molar-refractivity contribution in [3.63, 3.8) is 0 Å². The lowest BCUT2D eigenvalue weighted by Gasteiger charge is -2.29. The minimum absolute atomic E-state index is 0.0339. The van der Waals surface area contributed by atoms with Gasteiger partial charge in [0, 0.05) is 26.2 Å². The summed E-state index contributed by atoms with van der Waals surface area (Å²) in [7, 11) is 0. The number of benzene rings is 2. The third-order valence-electron chi connectivity index (χ3n) is 4.25. The molecule has 4 heteroatoms. The Morgan fingerprint density at radius 1 is 0.913 bits per heavy atom. The van der Waals surface area contributed by atoms with Crippen LogP contribution in [0.25, 0.3) is 22.1 Å². The van der Waals surface area contributed by atoms with Gasteiger partial charge in [-0.15, -0.1) is 0 Å². The van der Waals surface area contributed by atoms with Gasteiger partial charge in [0.25, 0.3) is 0 Å². The Hall–Kier alpha value is -2.59. The number of hydrogen-bond donors (Lipinski definition) is 1. The third-order valence-corrected chi connectivity index (χ3v) is 4.25. The van der Waals surface area contributed by atoms with Crippen LogP contribution in [-0.4, -0.2) is 26.2 Å². The molecule has 3 aromatic rings. The van der Waals surface area contributed by atoms with Crippen molar-refractivity contribution in [2.75, 3.05) is 31.1 Å². The first kappa shape index (κ1) is 14.0. The van der Waals surface area contributed by atoms with Gasteiger partial charge < -0.3 is 14.6 Å². The highest BCUT2D eigenvalue weighted by atomic mass is 16.4. The summed E-state index contributed by atoms with van der Waals surface area (Å²) in [5.41, 5.74) is 2.24. The van der Waals surface area contributed by atoms with Crippen molar-refractivity contribution in [2.24, 2.45) is 0 Å². The van der Waals surface area contributed by atoms with E-state index in [0.29, 0.717) is 22.4 Å². The van der Waals surface area contributed by atoms with E-state index >= 15 is 0 Å². The number of hydrogen-bond acceptors (Lipinski definition) is 4. The van der Waals surface area contributed by atoms with Gasteiger partial charge in [0.15, 0.2) is 0 Å². The standard InChI is InChI=1S/C19H18N2O2/c22-18-15-8-4-5-9-16(15)23-19(21-12-10-20-11-13-21)17(18)14-6-2-1-3-7-14/h1-9,20H,10-13H2. The van der Waals surface area contributed by atoms with E-state index in [9.17, 15) is 4.79 Å². The molecule has 0 spiro atoms. The molecule has 4 nitrogen and oxygen atoms in total. The molecule has 0 radical (unpaired) electrons. The summed E-state index contributed by atoms with van der Waals surface area (Å²) in [6.07, 6.45) is 0. The smallest absolute Gasteiger partial charge is 0.208 e. The second kappa shape index (κ2) is 5.89. The van der Waals surface area contributed by atoms with Crippen LogP contribution in [0.1, 0.15) is 0 Å². The fraction of sp³-hybridized carbons (Fsp3) is 0.211. The summed E-state index contributed by atoms with van der Waals surface area (Å²) in [5, 5.41) is 3.96. The summed E-state index contributed by atoms with van der Waals surface area (Å²) in [6.45, 7) is 3.46. The van der Waals surface area contributed by atoms with Gasteiger partial charge in [-0.2, -0.15) is 0 Å². The van der Waals surface area contributed by atoms with E-state index in [-0.39, 0.29) is 5.43 Å². The zero-order valence-electron chi connectivity index (χ0n) is 12.8. The normalized spacial score (nSPS) is 15.0. The fourth-order valence-electron chi connectivity index (χ4n) is 3.08. The maximum absolute atomic E-state index is 13.1. The van der Waals surface area contributed by atoms with Crippen LogP contribution >= 0.6 is 0 Å². The fourth-order valence-corrected chi connectivity index (χ4v) is 3.08. The Kier molecular flexibility index (Phi) is 3.60. The Labute approximate surface area is 134 Å². The van der Waals surface area contributed by atoms with E-state index < -0.39 is 0 Å². The summed E-state index contributed by atoms with van der Waals surface area (Å²) in [5.74, 6) is 0.682. The first-order chi connectivity index (χ1) is 11.3. The molecule has 1 saturated heterocycles. The lowest BCUT2D eigenvalue weighted by Crippen LogP contribution is -2.44. The molecule has 0 saturated carbocycles. The zero-order valence-corrected chi connectivity index (χ0v) is 12.8. The quantitative estimate of drug-likeness (QED) is 0.791. The van der Waals surface area contributed by atoms with Crippen LogP contribution < -0.4 is 15.6 Å². The monoisotopic (exact) mass is 306 g/mol. The number of anilines is 1. The molecule has 1 aliphatic rings. The van der Waals surface area contributed by atoms with Gasteiger partial charge in [0.2, 0.25) is 11.3 Å². The first-order valence-electron chi connectivity index (χ1n) is 7.91. The number of nitrogens with zero attached hydrogens (tertiary/aromatic N) is 1. The lowest BCUT2D eigenvalue weighted by molar-refractivity contribution is 0.522. The average Bonchev–Trinajstić information content (AvgIpc) is 2.63. The van der Waals surface area contributed by atoms with Crippen LogP contribution in [0.15, 0.2) is 63.8 Å². The van der Waals surface area contributed by atoms with Crippen LogP contribution in [0.4, 0.5) is 5.88 Å². The minimum atomic E-state index is 0.0339. The molecule has 0 atom stereocenters. The molecule has 4 rings (SSSR count). The molecular formula is C19H18N2O2. The second-order valence-electron chi connectivity index (χ2n) is 5.71. The molecule has 116 valence electrons. The zero-order chi connectivity index (χ0) is 15.6. The summed E-state index contributed by atoms with van der Waals surface area (Å²) < 4.78 is 6.17. The molecule has 0 aliphatic carbocycles. The predicted octanol–water partition coefficient (Wildman–Crippen LogP) is 2.87. The maximum Gasteiger partial charge on any atom is 0.208 e. The second-order valence-corrected chi connectivity index (χ2v) is 5.71. The molecule has 1 aliphatic heterocycles. The number of fused-ring (bicyclic) bond motifs is 1. The van der Waals surface area contributed by atoms with Crippen molar-refractivity contribution in [3.8, 4) is 11.1 Å². The molecule has 23 heavy (non-hydrogen) atoms. The third kappa shape index (κ3) is 2.51. The average molecular weight is 306 g/mol. The van der Waals surface area contributed by atoms with E-state index in [1.54, 1.807) is 0 Å². The van der Waals surface area contributed by atoms with Gasteiger partial charge >= 0.3 is 0 Å². The van der Waals surface area contributed by atoms with Gasteiger partial charge in [0.1, 0.15) is 5.58 Å². The van der Waals surface area contributed by atoms with Crippen molar-refractivity contribution in [1.82, 2.24) is 5.32 Å². The van der Waals surface area contributed by atoms with Crippen molar-refractivity contribution in [1.29, 1.82) is 0 Å². The maximum atomic E-state index is 13.1. The molecule has 1 aromatic heterocycles. The number of nitrogens with one attached hydrogen (secondary N) is 1. The molecule has 1 fully saturated rings. The van der Waals surface area contributed by atoms with Crippen LogP contribution in [0.2, 0.25) is 0 Å². The van der Waals surface area contributed by atoms with Crippen LogP contribution in [0.5, 0.6) is 0 Å². The summed E-state index contributed by atoms with van der Waals surface area (Å²) >= 11 is 0. The van der Waals surface area contributed by atoms with Gasteiger partial charge in [-0.05, 0) is 17.7 Å². The van der Waals surface area contributed by atoms with E-state index in [2.05, 4.69) is 10.2 Å². The molecule has 0 amide bonds. The molecular weight excluding hydrogens is 288 g/mol. The topological polar surface area (TPSA) is 45.5 Å². The number of piperazine rings is 1. The van der Waals surface area contributed by atoms with E-state index in [0.717, 1.165) is 31.7 Å². The number of para-hydroxylation sites is 1. The van der Waals surface area contributed by atoms with Crippen molar-refractivity contribution in [2.45, 2.75) is 0 Å². The SMILES string of the molecule is O=c1c(-c2ccccc2)c(N2CCNCC2)oc2ccccc12. The van der Waals surface area contributed by atoms with Gasteiger partial charge in [0.05, 0.1) is 10.9 Å². The molecule has 1 N–H and O–H groups in total. The van der Waals surface area contributed by atoms with Crippen molar-refractivity contribution >= 4 is 16.9 Å². The Morgan fingerprint density at radius 2 is 1.61 bits per heavy atom. The van der Waals surface area contributed by atoms with Gasteiger partial charge in [-0.3, -0.25) is 4.79 Å². The van der Waals surface area contributed by atoms with E-state index in [1.807, 2.05) is 54.6 Å². The van der Waals surface area contributed by atoms with Crippen molar-refractivity contribution < 1.29 is 4.42 Å². The van der Waals surface area contributed by atoms with E-state index in [4.69, 9.17) is 4.42 Å². The van der Waals surface area contributed by atoms with E-state index in [1.165, 1.54) is 0 Å². The predicted molar refractivity (Wildman–Crippen MR) is 93.0 cm³/mol. The Morgan fingerprint density at radius 3 is 2.39 bits per heavy atom. The van der Waals surface area contributed by atoms with Crippen LogP contribution in [-0.2, 0) is 0 Å². The lowest BCUT2D eigenvalue weighted by atomic mass is 10.0. The highest BCUT2D eigenvalue weighted by molar-refractivity contribution is 5.87.